The van der Waals surface area contributed by atoms with E-state index in [1.54, 1.807) is 7.11 Å². The highest BCUT2D eigenvalue weighted by Crippen LogP contribution is 2.29. The van der Waals surface area contributed by atoms with E-state index in [1.165, 1.54) is 24.8 Å². The van der Waals surface area contributed by atoms with E-state index in [1.807, 2.05) is 12.3 Å². The molecule has 3 unspecified atom stereocenters. The average molecular weight is 248 g/mol. The Labute approximate surface area is 110 Å². The van der Waals surface area contributed by atoms with Crippen LogP contribution < -0.4 is 10.1 Å². The van der Waals surface area contributed by atoms with Crippen molar-refractivity contribution in [2.24, 2.45) is 11.8 Å². The molecule has 1 N–H and O–H groups in total. The zero-order valence-electron chi connectivity index (χ0n) is 11.6. The van der Waals surface area contributed by atoms with E-state index >= 15 is 0 Å². The predicted molar refractivity (Wildman–Crippen MR) is 73.6 cm³/mol. The van der Waals surface area contributed by atoms with Gasteiger partial charge in [0.1, 0.15) is 0 Å². The lowest BCUT2D eigenvalue weighted by atomic mass is 9.78. The van der Waals surface area contributed by atoms with E-state index in [2.05, 4.69) is 30.2 Å². The van der Waals surface area contributed by atoms with Gasteiger partial charge >= 0.3 is 0 Å². The Balaban J connectivity index is 1.86. The number of hydrogen-bond donors (Lipinski definition) is 1. The molecule has 0 saturated heterocycles. The van der Waals surface area contributed by atoms with Crippen LogP contribution in [-0.4, -0.2) is 18.1 Å². The van der Waals surface area contributed by atoms with Gasteiger partial charge < -0.3 is 10.1 Å². The second-order valence-corrected chi connectivity index (χ2v) is 5.46. The van der Waals surface area contributed by atoms with Crippen LogP contribution in [-0.2, 0) is 6.54 Å². The monoisotopic (exact) mass is 248 g/mol. The number of rotatable bonds is 4. The molecule has 1 aromatic rings. The number of hydrogen-bond acceptors (Lipinski definition) is 3. The number of nitrogens with one attached hydrogen (secondary N) is 1. The molecule has 0 aromatic carbocycles. The van der Waals surface area contributed by atoms with Gasteiger partial charge in [0.2, 0.25) is 5.88 Å². The molecule has 1 heterocycles. The summed E-state index contributed by atoms with van der Waals surface area (Å²) in [6.07, 6.45) is 5.92. The fraction of sp³-hybridized carbons (Fsp3) is 0.667. The molecule has 1 aromatic heterocycles. The average Bonchev–Trinajstić information content (AvgIpc) is 2.41. The van der Waals surface area contributed by atoms with Gasteiger partial charge in [0.25, 0.3) is 0 Å². The van der Waals surface area contributed by atoms with Crippen LogP contribution in [0, 0.1) is 11.8 Å². The molecule has 0 amide bonds. The van der Waals surface area contributed by atoms with Crippen LogP contribution in [0.5, 0.6) is 5.88 Å². The Morgan fingerprint density at radius 2 is 2.17 bits per heavy atom. The number of ether oxygens (including phenoxy) is 1. The van der Waals surface area contributed by atoms with E-state index in [0.29, 0.717) is 11.9 Å². The van der Waals surface area contributed by atoms with Crippen molar-refractivity contribution in [2.75, 3.05) is 7.11 Å². The Morgan fingerprint density at radius 3 is 2.83 bits per heavy atom. The van der Waals surface area contributed by atoms with E-state index in [0.717, 1.165) is 18.4 Å². The largest absolute Gasteiger partial charge is 0.481 e. The maximum absolute atomic E-state index is 5.06. The highest BCUT2D eigenvalue weighted by Gasteiger charge is 2.26. The summed E-state index contributed by atoms with van der Waals surface area (Å²) >= 11 is 0. The van der Waals surface area contributed by atoms with Gasteiger partial charge in [-0.3, -0.25) is 0 Å². The molecule has 2 rings (SSSR count). The molecule has 1 aliphatic rings. The van der Waals surface area contributed by atoms with Crippen LogP contribution in [0.4, 0.5) is 0 Å². The first-order chi connectivity index (χ1) is 8.70. The van der Waals surface area contributed by atoms with Gasteiger partial charge in [-0.25, -0.2) is 4.98 Å². The highest BCUT2D eigenvalue weighted by molar-refractivity contribution is 5.17. The summed E-state index contributed by atoms with van der Waals surface area (Å²) in [4.78, 5) is 4.23. The van der Waals surface area contributed by atoms with Crippen molar-refractivity contribution in [1.82, 2.24) is 10.3 Å². The lowest BCUT2D eigenvalue weighted by Crippen LogP contribution is -2.40. The fourth-order valence-electron chi connectivity index (χ4n) is 2.76. The summed E-state index contributed by atoms with van der Waals surface area (Å²) < 4.78 is 5.06. The first kappa shape index (κ1) is 13.3. The third-order valence-electron chi connectivity index (χ3n) is 4.28. The Morgan fingerprint density at radius 1 is 1.33 bits per heavy atom. The topological polar surface area (TPSA) is 34.1 Å². The van der Waals surface area contributed by atoms with Crippen LogP contribution in [0.15, 0.2) is 18.3 Å². The normalized spacial score (nSPS) is 28.1. The molecule has 3 heteroatoms. The highest BCUT2D eigenvalue weighted by atomic mass is 16.5. The molecule has 1 fully saturated rings. The second kappa shape index (κ2) is 6.19. The fourth-order valence-corrected chi connectivity index (χ4v) is 2.76. The Kier molecular flexibility index (Phi) is 4.59. The quantitative estimate of drug-likeness (QED) is 0.889. The molecule has 18 heavy (non-hydrogen) atoms. The lowest BCUT2D eigenvalue weighted by molar-refractivity contribution is 0.206. The molecule has 3 atom stereocenters. The van der Waals surface area contributed by atoms with Crippen LogP contribution in [0.1, 0.15) is 38.7 Å². The number of aromatic nitrogens is 1. The van der Waals surface area contributed by atoms with Gasteiger partial charge in [0.15, 0.2) is 0 Å². The van der Waals surface area contributed by atoms with Crippen LogP contribution in [0.3, 0.4) is 0 Å². The zero-order chi connectivity index (χ0) is 13.0. The van der Waals surface area contributed by atoms with Crippen molar-refractivity contribution in [3.8, 4) is 5.88 Å². The summed E-state index contributed by atoms with van der Waals surface area (Å²) in [6.45, 7) is 5.64. The summed E-state index contributed by atoms with van der Waals surface area (Å²) in [5, 5.41) is 3.67. The van der Waals surface area contributed by atoms with Crippen molar-refractivity contribution in [3.63, 3.8) is 0 Å². The van der Waals surface area contributed by atoms with Gasteiger partial charge in [-0.1, -0.05) is 32.8 Å². The third kappa shape index (κ3) is 3.22. The van der Waals surface area contributed by atoms with Crippen LogP contribution >= 0.6 is 0 Å². The number of nitrogens with zero attached hydrogens (tertiary/aromatic N) is 1. The minimum Gasteiger partial charge on any atom is -0.481 e. The first-order valence-corrected chi connectivity index (χ1v) is 6.93. The smallest absolute Gasteiger partial charge is 0.212 e. The predicted octanol–water partition coefficient (Wildman–Crippen LogP) is 3.00. The van der Waals surface area contributed by atoms with E-state index < -0.39 is 0 Å². The maximum Gasteiger partial charge on any atom is 0.212 e. The van der Waals surface area contributed by atoms with Crippen molar-refractivity contribution >= 4 is 0 Å². The van der Waals surface area contributed by atoms with Crippen molar-refractivity contribution in [2.45, 2.75) is 45.7 Å². The SMILES string of the molecule is COc1ccc(CNC2CCCC(C)C2C)cn1. The minimum absolute atomic E-state index is 0.649. The summed E-state index contributed by atoms with van der Waals surface area (Å²) in [5.74, 6) is 2.29. The van der Waals surface area contributed by atoms with Gasteiger partial charge in [-0.05, 0) is 23.8 Å². The summed E-state index contributed by atoms with van der Waals surface area (Å²) in [5.41, 5.74) is 1.22. The Bertz CT molecular complexity index is 363. The number of pyridine rings is 1. The summed E-state index contributed by atoms with van der Waals surface area (Å²) in [6, 6.07) is 4.65. The minimum atomic E-state index is 0.649. The van der Waals surface area contributed by atoms with Crippen LogP contribution in [0.2, 0.25) is 0 Å². The Hall–Kier alpha value is -1.09. The molecular formula is C15H24N2O. The van der Waals surface area contributed by atoms with E-state index in [-0.39, 0.29) is 0 Å². The van der Waals surface area contributed by atoms with E-state index in [9.17, 15) is 0 Å². The summed E-state index contributed by atoms with van der Waals surface area (Å²) in [7, 11) is 1.64. The second-order valence-electron chi connectivity index (χ2n) is 5.46. The van der Waals surface area contributed by atoms with Crippen molar-refractivity contribution < 1.29 is 4.74 Å². The molecule has 0 radical (unpaired) electrons. The molecule has 100 valence electrons. The zero-order valence-corrected chi connectivity index (χ0v) is 11.6. The van der Waals surface area contributed by atoms with Gasteiger partial charge in [0, 0.05) is 24.8 Å². The maximum atomic E-state index is 5.06. The third-order valence-corrected chi connectivity index (χ3v) is 4.28. The standard InChI is InChI=1S/C15H24N2O/c1-11-5-4-6-14(12(11)2)16-9-13-7-8-15(18-3)17-10-13/h7-8,10-12,14,16H,4-6,9H2,1-3H3. The van der Waals surface area contributed by atoms with Gasteiger partial charge in [-0.2, -0.15) is 0 Å². The molecule has 0 aliphatic heterocycles. The van der Waals surface area contributed by atoms with Gasteiger partial charge in [-0.15, -0.1) is 0 Å². The van der Waals surface area contributed by atoms with Crippen LogP contribution in [0.25, 0.3) is 0 Å². The van der Waals surface area contributed by atoms with Crippen molar-refractivity contribution in [3.05, 3.63) is 23.9 Å². The van der Waals surface area contributed by atoms with Crippen molar-refractivity contribution in [1.29, 1.82) is 0 Å². The number of methoxy groups -OCH3 is 1. The molecule has 0 spiro atoms. The molecule has 0 bridgehead atoms. The van der Waals surface area contributed by atoms with E-state index in [4.69, 9.17) is 4.74 Å². The lowest BCUT2D eigenvalue weighted by Gasteiger charge is -2.34. The first-order valence-electron chi connectivity index (χ1n) is 6.93. The molecule has 3 nitrogen and oxygen atoms in total. The molecule has 1 aliphatic carbocycles. The van der Waals surface area contributed by atoms with Gasteiger partial charge in [0.05, 0.1) is 7.11 Å². The molecular weight excluding hydrogens is 224 g/mol. The molecule has 1 saturated carbocycles.